The molecule has 2 aromatic carbocycles. The van der Waals surface area contributed by atoms with Gasteiger partial charge >= 0.3 is 0 Å². The largest absolute Gasteiger partial charge is 0.493 e. The Morgan fingerprint density at radius 1 is 1.11 bits per heavy atom. The van der Waals surface area contributed by atoms with E-state index in [2.05, 4.69) is 16.3 Å². The van der Waals surface area contributed by atoms with Crippen LogP contribution in [-0.2, 0) is 17.9 Å². The number of ether oxygens (including phenoxy) is 2. The molecule has 0 heterocycles. The molecule has 0 unspecified atom stereocenters. The molecule has 0 saturated carbocycles. The second-order valence-corrected chi connectivity index (χ2v) is 6.48. The Hall–Kier alpha value is -2.79. The molecule has 0 aliphatic carbocycles. The van der Waals surface area contributed by atoms with Crippen molar-refractivity contribution in [1.29, 1.82) is 0 Å². The van der Waals surface area contributed by atoms with E-state index in [9.17, 15) is 4.79 Å². The highest BCUT2D eigenvalue weighted by molar-refractivity contribution is 5.77. The average Bonchev–Trinajstić information content (AvgIpc) is 2.66. The zero-order chi connectivity index (χ0) is 19.6. The standard InChI is InChI=1S/C22H28N2O3/c1-5-8-17-11-12-20(21(13-17)26-4)27-16-22(25)23-14-18-9-6-7-10-19(18)15-24(2)3/h5-13H,14-16H2,1-4H3,(H,23,25)/b8-5+. The second-order valence-electron chi connectivity index (χ2n) is 6.48. The summed E-state index contributed by atoms with van der Waals surface area (Å²) < 4.78 is 11.0. The SMILES string of the molecule is C/C=C/c1ccc(OCC(=O)NCc2ccccc2CN(C)C)c(OC)c1. The predicted molar refractivity (Wildman–Crippen MR) is 109 cm³/mol. The molecular formula is C22H28N2O3. The van der Waals surface area contributed by atoms with Crippen LogP contribution in [0.25, 0.3) is 6.08 Å². The topological polar surface area (TPSA) is 50.8 Å². The minimum Gasteiger partial charge on any atom is -0.493 e. The molecule has 0 fully saturated rings. The summed E-state index contributed by atoms with van der Waals surface area (Å²) in [6.07, 6.45) is 3.93. The van der Waals surface area contributed by atoms with Gasteiger partial charge in [0.1, 0.15) is 0 Å². The van der Waals surface area contributed by atoms with Crippen molar-refractivity contribution in [2.75, 3.05) is 27.8 Å². The van der Waals surface area contributed by atoms with Gasteiger partial charge in [-0.05, 0) is 49.8 Å². The summed E-state index contributed by atoms with van der Waals surface area (Å²) in [5, 5.41) is 2.92. The number of hydrogen-bond acceptors (Lipinski definition) is 4. The molecule has 0 atom stereocenters. The number of rotatable bonds is 9. The lowest BCUT2D eigenvalue weighted by molar-refractivity contribution is -0.123. The zero-order valence-corrected chi connectivity index (χ0v) is 16.5. The minimum absolute atomic E-state index is 0.0603. The Kier molecular flexibility index (Phi) is 7.89. The molecular weight excluding hydrogens is 340 g/mol. The van der Waals surface area contributed by atoms with Gasteiger partial charge in [0.05, 0.1) is 7.11 Å². The first-order chi connectivity index (χ1) is 13.0. The molecule has 0 saturated heterocycles. The number of benzene rings is 2. The third-order valence-electron chi connectivity index (χ3n) is 3.99. The maximum absolute atomic E-state index is 12.2. The van der Waals surface area contributed by atoms with Crippen LogP contribution in [0.15, 0.2) is 48.5 Å². The molecule has 0 aromatic heterocycles. The van der Waals surface area contributed by atoms with E-state index in [1.807, 2.05) is 69.6 Å². The van der Waals surface area contributed by atoms with Gasteiger partial charge in [-0.3, -0.25) is 4.79 Å². The third kappa shape index (κ3) is 6.46. The van der Waals surface area contributed by atoms with Gasteiger partial charge in [-0.15, -0.1) is 0 Å². The van der Waals surface area contributed by atoms with E-state index in [4.69, 9.17) is 9.47 Å². The van der Waals surface area contributed by atoms with Crippen LogP contribution in [0.2, 0.25) is 0 Å². The van der Waals surface area contributed by atoms with E-state index in [1.165, 1.54) is 5.56 Å². The van der Waals surface area contributed by atoms with Crippen molar-refractivity contribution < 1.29 is 14.3 Å². The maximum atomic E-state index is 12.2. The number of nitrogens with zero attached hydrogens (tertiary/aromatic N) is 1. The van der Waals surface area contributed by atoms with E-state index < -0.39 is 0 Å². The van der Waals surface area contributed by atoms with Crippen molar-refractivity contribution in [1.82, 2.24) is 10.2 Å². The molecule has 0 spiro atoms. The van der Waals surface area contributed by atoms with E-state index in [0.29, 0.717) is 18.0 Å². The molecule has 0 bridgehead atoms. The number of carbonyl (C=O) groups excluding carboxylic acids is 1. The first-order valence-electron chi connectivity index (χ1n) is 8.95. The summed E-state index contributed by atoms with van der Waals surface area (Å²) in [4.78, 5) is 14.3. The monoisotopic (exact) mass is 368 g/mol. The molecule has 1 amide bonds. The molecule has 5 heteroatoms. The summed E-state index contributed by atoms with van der Waals surface area (Å²) in [5.41, 5.74) is 3.32. The highest BCUT2D eigenvalue weighted by Crippen LogP contribution is 2.28. The van der Waals surface area contributed by atoms with Crippen molar-refractivity contribution >= 4 is 12.0 Å². The Labute approximate surface area is 161 Å². The van der Waals surface area contributed by atoms with Crippen LogP contribution in [0.5, 0.6) is 11.5 Å². The summed E-state index contributed by atoms with van der Waals surface area (Å²) in [7, 11) is 5.64. The van der Waals surface area contributed by atoms with Crippen molar-refractivity contribution in [2.45, 2.75) is 20.0 Å². The van der Waals surface area contributed by atoms with Crippen LogP contribution in [0.3, 0.4) is 0 Å². The quantitative estimate of drug-likeness (QED) is 0.736. The van der Waals surface area contributed by atoms with Gasteiger partial charge in [-0.2, -0.15) is 0 Å². The molecule has 0 aliphatic rings. The highest BCUT2D eigenvalue weighted by Gasteiger charge is 2.09. The number of amides is 1. The molecule has 0 aliphatic heterocycles. The summed E-state index contributed by atoms with van der Waals surface area (Å²) >= 11 is 0. The number of methoxy groups -OCH3 is 1. The zero-order valence-electron chi connectivity index (χ0n) is 16.5. The van der Waals surface area contributed by atoms with E-state index in [0.717, 1.165) is 17.7 Å². The first kappa shape index (κ1) is 20.5. The molecule has 0 radical (unpaired) electrons. The second kappa shape index (κ2) is 10.4. The Morgan fingerprint density at radius 2 is 1.85 bits per heavy atom. The predicted octanol–water partition coefficient (Wildman–Crippen LogP) is 3.49. The lowest BCUT2D eigenvalue weighted by Crippen LogP contribution is -2.29. The van der Waals surface area contributed by atoms with E-state index >= 15 is 0 Å². The third-order valence-corrected chi connectivity index (χ3v) is 3.99. The first-order valence-corrected chi connectivity index (χ1v) is 8.95. The Bertz CT molecular complexity index is 785. The van der Waals surface area contributed by atoms with Crippen LogP contribution in [0, 0.1) is 0 Å². The van der Waals surface area contributed by atoms with Crippen LogP contribution in [0.4, 0.5) is 0 Å². The highest BCUT2D eigenvalue weighted by atomic mass is 16.5. The van der Waals surface area contributed by atoms with Gasteiger partial charge in [0, 0.05) is 13.1 Å². The van der Waals surface area contributed by atoms with Gasteiger partial charge in [0.2, 0.25) is 0 Å². The fourth-order valence-corrected chi connectivity index (χ4v) is 2.71. The molecule has 27 heavy (non-hydrogen) atoms. The van der Waals surface area contributed by atoms with Gasteiger partial charge in [0.15, 0.2) is 18.1 Å². The van der Waals surface area contributed by atoms with E-state index in [1.54, 1.807) is 7.11 Å². The Balaban J connectivity index is 1.92. The number of hydrogen-bond donors (Lipinski definition) is 1. The average molecular weight is 368 g/mol. The summed E-state index contributed by atoms with van der Waals surface area (Å²) in [6, 6.07) is 13.7. The molecule has 2 rings (SSSR count). The summed E-state index contributed by atoms with van der Waals surface area (Å²) in [6.45, 7) is 3.20. The molecule has 2 aromatic rings. The van der Waals surface area contributed by atoms with Crippen molar-refractivity contribution in [3.63, 3.8) is 0 Å². The molecule has 1 N–H and O–H groups in total. The van der Waals surface area contributed by atoms with Gasteiger partial charge in [-0.1, -0.05) is 42.5 Å². The number of carbonyl (C=O) groups is 1. The maximum Gasteiger partial charge on any atom is 0.258 e. The smallest absolute Gasteiger partial charge is 0.258 e. The van der Waals surface area contributed by atoms with Crippen LogP contribution in [-0.4, -0.2) is 38.6 Å². The fraction of sp³-hybridized carbons (Fsp3) is 0.318. The normalized spacial score (nSPS) is 11.0. The number of allylic oxidation sites excluding steroid dienone is 1. The summed E-state index contributed by atoms with van der Waals surface area (Å²) in [5.74, 6) is 0.984. The lowest BCUT2D eigenvalue weighted by atomic mass is 10.1. The Morgan fingerprint density at radius 3 is 2.52 bits per heavy atom. The van der Waals surface area contributed by atoms with Gasteiger partial charge < -0.3 is 19.7 Å². The van der Waals surface area contributed by atoms with Crippen molar-refractivity contribution in [2.24, 2.45) is 0 Å². The molecule has 5 nitrogen and oxygen atoms in total. The fourth-order valence-electron chi connectivity index (χ4n) is 2.71. The van der Waals surface area contributed by atoms with Crippen molar-refractivity contribution in [3.8, 4) is 11.5 Å². The van der Waals surface area contributed by atoms with Crippen LogP contribution >= 0.6 is 0 Å². The van der Waals surface area contributed by atoms with Crippen molar-refractivity contribution in [3.05, 3.63) is 65.2 Å². The van der Waals surface area contributed by atoms with E-state index in [-0.39, 0.29) is 12.5 Å². The lowest BCUT2D eigenvalue weighted by Gasteiger charge is -2.15. The van der Waals surface area contributed by atoms with Crippen LogP contribution < -0.4 is 14.8 Å². The minimum atomic E-state index is -0.172. The van der Waals surface area contributed by atoms with Gasteiger partial charge in [0.25, 0.3) is 5.91 Å². The molecule has 144 valence electrons. The number of nitrogens with one attached hydrogen (secondary N) is 1. The van der Waals surface area contributed by atoms with Gasteiger partial charge in [-0.25, -0.2) is 0 Å². The van der Waals surface area contributed by atoms with Crippen LogP contribution in [0.1, 0.15) is 23.6 Å².